The van der Waals surface area contributed by atoms with Gasteiger partial charge in [0.25, 0.3) is 0 Å². The molecular formula is C9H8N4O. The van der Waals surface area contributed by atoms with Crippen molar-refractivity contribution in [3.05, 3.63) is 44.7 Å². The first-order chi connectivity index (χ1) is 6.84. The van der Waals surface area contributed by atoms with Crippen molar-refractivity contribution < 1.29 is 0 Å². The molecule has 0 radical (unpaired) electrons. The van der Waals surface area contributed by atoms with E-state index in [2.05, 4.69) is 26.9 Å². The number of aromatic nitrogens is 1. The number of H-pyrrole nitrogens is 1. The molecule has 0 amide bonds. The van der Waals surface area contributed by atoms with Crippen LogP contribution in [0.5, 0.6) is 0 Å². The zero-order valence-electron chi connectivity index (χ0n) is 7.40. The quantitative estimate of drug-likeness (QED) is 0.246. The molecule has 14 heavy (non-hydrogen) atoms. The Morgan fingerprint density at radius 3 is 3.21 bits per heavy atom. The smallest absolute Gasteiger partial charge is 0.197 e. The molecule has 0 aliphatic carbocycles. The first-order valence-corrected chi connectivity index (χ1v) is 4.01. The van der Waals surface area contributed by atoms with E-state index in [1.807, 2.05) is 0 Å². The highest BCUT2D eigenvalue weighted by atomic mass is 16.1. The van der Waals surface area contributed by atoms with Gasteiger partial charge < -0.3 is 4.98 Å². The minimum atomic E-state index is -0.111. The third-order valence-corrected chi connectivity index (χ3v) is 1.45. The molecule has 70 valence electrons. The predicted molar refractivity (Wildman–Crippen MR) is 52.6 cm³/mol. The first kappa shape index (κ1) is 9.90. The van der Waals surface area contributed by atoms with Gasteiger partial charge >= 0.3 is 0 Å². The van der Waals surface area contributed by atoms with Crippen LogP contribution in [0, 0.1) is 11.8 Å². The van der Waals surface area contributed by atoms with Gasteiger partial charge in [-0.05, 0) is 5.53 Å². The average Bonchev–Trinajstić information content (AvgIpc) is 2.20. The molecule has 0 spiro atoms. The predicted octanol–water partition coefficient (Wildman–Crippen LogP) is 1.43. The van der Waals surface area contributed by atoms with E-state index in [1.54, 1.807) is 12.4 Å². The summed E-state index contributed by atoms with van der Waals surface area (Å²) in [6.45, 7) is 0.328. The standard InChI is InChI=1S/C9H8N4O/c10-13-12-5-2-1-3-8-7-11-6-4-9(8)14/h4,6-7H,2,5H2,(H,11,14). The van der Waals surface area contributed by atoms with Crippen molar-refractivity contribution in [1.29, 1.82) is 0 Å². The van der Waals surface area contributed by atoms with Crippen LogP contribution in [0.15, 0.2) is 28.4 Å². The van der Waals surface area contributed by atoms with Gasteiger partial charge in [0.05, 0.1) is 5.56 Å². The number of aromatic amines is 1. The van der Waals surface area contributed by atoms with E-state index in [9.17, 15) is 4.79 Å². The molecule has 0 bridgehead atoms. The maximum Gasteiger partial charge on any atom is 0.197 e. The molecule has 0 unspecified atom stereocenters. The summed E-state index contributed by atoms with van der Waals surface area (Å²) in [4.78, 5) is 16.5. The lowest BCUT2D eigenvalue weighted by Gasteiger charge is -1.86. The van der Waals surface area contributed by atoms with Crippen molar-refractivity contribution in [2.75, 3.05) is 6.54 Å². The monoisotopic (exact) mass is 188 g/mol. The SMILES string of the molecule is [N-]=[N+]=NCCC#Cc1c[nH]ccc1=O. The van der Waals surface area contributed by atoms with E-state index in [0.717, 1.165) is 0 Å². The van der Waals surface area contributed by atoms with Gasteiger partial charge in [-0.15, -0.1) is 0 Å². The number of nitrogens with one attached hydrogen (secondary N) is 1. The maximum atomic E-state index is 11.1. The van der Waals surface area contributed by atoms with Crippen LogP contribution >= 0.6 is 0 Å². The minimum Gasteiger partial charge on any atom is -0.366 e. The van der Waals surface area contributed by atoms with Crippen LogP contribution in [0.4, 0.5) is 0 Å². The molecule has 1 heterocycles. The zero-order valence-corrected chi connectivity index (χ0v) is 7.40. The van der Waals surface area contributed by atoms with Crippen molar-refractivity contribution >= 4 is 0 Å². The normalized spacial score (nSPS) is 8.29. The molecular weight excluding hydrogens is 180 g/mol. The molecule has 1 rings (SSSR count). The summed E-state index contributed by atoms with van der Waals surface area (Å²) in [7, 11) is 0. The summed E-state index contributed by atoms with van der Waals surface area (Å²) < 4.78 is 0. The fraction of sp³-hybridized carbons (Fsp3) is 0.222. The number of hydrogen-bond acceptors (Lipinski definition) is 2. The van der Waals surface area contributed by atoms with Crippen molar-refractivity contribution in [3.8, 4) is 11.8 Å². The van der Waals surface area contributed by atoms with Crippen LogP contribution in [-0.2, 0) is 0 Å². The molecule has 1 aromatic heterocycles. The van der Waals surface area contributed by atoms with Crippen molar-refractivity contribution in [3.63, 3.8) is 0 Å². The first-order valence-electron chi connectivity index (χ1n) is 4.01. The molecule has 0 fully saturated rings. The van der Waals surface area contributed by atoms with Crippen molar-refractivity contribution in [2.45, 2.75) is 6.42 Å². The second kappa shape index (κ2) is 5.46. The largest absolute Gasteiger partial charge is 0.366 e. The molecule has 0 atom stereocenters. The Bertz CT molecular complexity index is 459. The van der Waals surface area contributed by atoms with Gasteiger partial charge in [0.15, 0.2) is 5.43 Å². The van der Waals surface area contributed by atoms with Gasteiger partial charge in [-0.3, -0.25) is 4.79 Å². The van der Waals surface area contributed by atoms with E-state index in [1.165, 1.54) is 6.07 Å². The molecule has 1 aromatic rings. The van der Waals surface area contributed by atoms with E-state index < -0.39 is 0 Å². The van der Waals surface area contributed by atoms with E-state index in [-0.39, 0.29) is 5.43 Å². The Balaban J connectivity index is 2.64. The molecule has 0 saturated heterocycles. The van der Waals surface area contributed by atoms with E-state index in [0.29, 0.717) is 18.5 Å². The Hall–Kier alpha value is -2.18. The Morgan fingerprint density at radius 1 is 1.64 bits per heavy atom. The summed E-state index contributed by atoms with van der Waals surface area (Å²) >= 11 is 0. The van der Waals surface area contributed by atoms with Crippen LogP contribution in [0.3, 0.4) is 0 Å². The topological polar surface area (TPSA) is 81.6 Å². The fourth-order valence-electron chi connectivity index (χ4n) is 0.822. The van der Waals surface area contributed by atoms with Gasteiger partial charge in [0, 0.05) is 36.3 Å². The molecule has 0 aliphatic rings. The van der Waals surface area contributed by atoms with Crippen molar-refractivity contribution in [2.24, 2.45) is 5.11 Å². The van der Waals surface area contributed by atoms with Gasteiger partial charge in [-0.1, -0.05) is 17.0 Å². The average molecular weight is 188 g/mol. The lowest BCUT2D eigenvalue weighted by atomic mass is 10.2. The molecule has 0 saturated carbocycles. The van der Waals surface area contributed by atoms with Crippen LogP contribution in [0.1, 0.15) is 12.0 Å². The summed E-state index contributed by atoms with van der Waals surface area (Å²) in [6, 6.07) is 1.41. The molecule has 0 aliphatic heterocycles. The number of rotatable bonds is 2. The number of nitrogens with zero attached hydrogens (tertiary/aromatic N) is 3. The Kier molecular flexibility index (Phi) is 3.86. The number of pyridine rings is 1. The van der Waals surface area contributed by atoms with Gasteiger partial charge in [0.1, 0.15) is 0 Å². The minimum absolute atomic E-state index is 0.111. The van der Waals surface area contributed by atoms with Crippen LogP contribution in [0.2, 0.25) is 0 Å². The highest BCUT2D eigenvalue weighted by molar-refractivity contribution is 5.31. The molecule has 1 N–H and O–H groups in total. The molecule has 5 nitrogen and oxygen atoms in total. The van der Waals surface area contributed by atoms with Gasteiger partial charge in [0.2, 0.25) is 0 Å². The van der Waals surface area contributed by atoms with Crippen LogP contribution in [-0.4, -0.2) is 11.5 Å². The second-order valence-corrected chi connectivity index (χ2v) is 2.43. The Morgan fingerprint density at radius 2 is 2.50 bits per heavy atom. The van der Waals surface area contributed by atoms with Gasteiger partial charge in [-0.2, -0.15) is 0 Å². The highest BCUT2D eigenvalue weighted by Gasteiger charge is 1.89. The second-order valence-electron chi connectivity index (χ2n) is 2.43. The summed E-state index contributed by atoms with van der Waals surface area (Å²) in [5, 5.41) is 3.32. The molecule has 5 heteroatoms. The third-order valence-electron chi connectivity index (χ3n) is 1.45. The fourth-order valence-corrected chi connectivity index (χ4v) is 0.822. The lowest BCUT2D eigenvalue weighted by molar-refractivity contribution is 1.01. The zero-order chi connectivity index (χ0) is 10.2. The lowest BCUT2D eigenvalue weighted by Crippen LogP contribution is -2.02. The summed E-state index contributed by atoms with van der Waals surface area (Å²) in [6.07, 6.45) is 3.55. The van der Waals surface area contributed by atoms with E-state index in [4.69, 9.17) is 5.53 Å². The summed E-state index contributed by atoms with van der Waals surface area (Å²) in [5.74, 6) is 5.44. The van der Waals surface area contributed by atoms with Crippen LogP contribution in [0.25, 0.3) is 10.4 Å². The maximum absolute atomic E-state index is 11.1. The van der Waals surface area contributed by atoms with E-state index >= 15 is 0 Å². The third kappa shape index (κ3) is 3.05. The number of hydrogen-bond donors (Lipinski definition) is 1. The molecule has 0 aromatic carbocycles. The Labute approximate surface area is 80.4 Å². The highest BCUT2D eigenvalue weighted by Crippen LogP contribution is 1.85. The van der Waals surface area contributed by atoms with Crippen LogP contribution < -0.4 is 5.43 Å². The summed E-state index contributed by atoms with van der Waals surface area (Å²) in [5.41, 5.74) is 8.30. The number of azide groups is 1. The van der Waals surface area contributed by atoms with Crippen molar-refractivity contribution in [1.82, 2.24) is 4.98 Å². The van der Waals surface area contributed by atoms with Gasteiger partial charge in [-0.25, -0.2) is 0 Å².